The molecule has 0 saturated carbocycles. The van der Waals surface area contributed by atoms with Gasteiger partial charge in [0, 0.05) is 24.7 Å². The summed E-state index contributed by atoms with van der Waals surface area (Å²) in [6.45, 7) is 2.67. The van der Waals surface area contributed by atoms with Crippen LogP contribution in [0.2, 0.25) is 10.0 Å². The number of aliphatic carboxylic acids is 1. The molecule has 2 rings (SSSR count). The molecule has 1 aliphatic heterocycles. The van der Waals surface area contributed by atoms with Crippen molar-refractivity contribution in [1.82, 2.24) is 10.3 Å². The van der Waals surface area contributed by atoms with Gasteiger partial charge < -0.3 is 24.8 Å². The van der Waals surface area contributed by atoms with Crippen LogP contribution >= 0.6 is 23.2 Å². The minimum Gasteiger partial charge on any atom is -0.504 e. The average molecular weight is 482 g/mol. The molecule has 1 heterocycles. The maximum atomic E-state index is 12.3. The van der Waals surface area contributed by atoms with Gasteiger partial charge in [-0.1, -0.05) is 23.2 Å². The molecule has 1 aromatic carbocycles. The van der Waals surface area contributed by atoms with E-state index in [9.17, 15) is 38.5 Å². The van der Waals surface area contributed by atoms with E-state index in [0.717, 1.165) is 24.1 Å². The molecule has 0 spiro atoms. The quantitative estimate of drug-likeness (QED) is 0.126. The molecule has 14 heteroatoms. The third-order valence-electron chi connectivity index (χ3n) is 4.55. The maximum Gasteiger partial charge on any atom is 0.328 e. The Morgan fingerprint density at radius 2 is 2.03 bits per heavy atom. The maximum absolute atomic E-state index is 12.3. The molecule has 1 saturated heterocycles. The van der Waals surface area contributed by atoms with E-state index in [1.165, 1.54) is 0 Å². The molecule has 1 unspecified atom stereocenters. The molecule has 1 aliphatic rings. The van der Waals surface area contributed by atoms with E-state index >= 15 is 0 Å². The average Bonchev–Trinajstić information content (AvgIpc) is 2.63. The molecule has 4 atom stereocenters. The standard InChI is InChI=1S/C16H17Cl2N3O8S/c1-6-3-9(23)21(6)13(15(26)27)16(2,30(28)29)5-19-20-14(25)10-7(17)4-8(22)12(24)11(10)18/h4-6,13,22,24H,3H2,1-2H3,(H,20,25)(H,26,27)(H,28,29)/b19-5+/t6-,13+,16+/m1/s1. The number of aromatic hydroxyl groups is 2. The molecule has 5 N–H and O–H groups in total. The fourth-order valence-corrected chi connectivity index (χ4v) is 4.08. The van der Waals surface area contributed by atoms with Crippen LogP contribution in [0.15, 0.2) is 11.2 Å². The summed E-state index contributed by atoms with van der Waals surface area (Å²) in [5.41, 5.74) is 1.51. The Morgan fingerprint density at radius 3 is 2.50 bits per heavy atom. The number of carbonyl (C=O) groups excluding carboxylic acids is 2. The van der Waals surface area contributed by atoms with E-state index in [0.29, 0.717) is 0 Å². The third-order valence-corrected chi connectivity index (χ3v) is 6.30. The largest absolute Gasteiger partial charge is 0.504 e. The Bertz CT molecular complexity index is 972. The normalized spacial score (nSPS) is 20.4. The van der Waals surface area contributed by atoms with Crippen LogP contribution in [0.25, 0.3) is 0 Å². The summed E-state index contributed by atoms with van der Waals surface area (Å²) in [6.07, 6.45) is 0.813. The highest BCUT2D eigenvalue weighted by molar-refractivity contribution is 7.81. The zero-order valence-electron chi connectivity index (χ0n) is 15.5. The van der Waals surface area contributed by atoms with Gasteiger partial charge in [0.2, 0.25) is 5.91 Å². The van der Waals surface area contributed by atoms with Crippen LogP contribution in [0.1, 0.15) is 30.6 Å². The predicted octanol–water partition coefficient (Wildman–Crippen LogP) is 1.17. The zero-order valence-corrected chi connectivity index (χ0v) is 17.8. The fourth-order valence-electron chi connectivity index (χ4n) is 2.92. The van der Waals surface area contributed by atoms with E-state index in [1.807, 2.05) is 5.43 Å². The highest BCUT2D eigenvalue weighted by atomic mass is 35.5. The Labute approximate surface area is 182 Å². The van der Waals surface area contributed by atoms with Gasteiger partial charge in [0.05, 0.1) is 10.6 Å². The van der Waals surface area contributed by atoms with Crippen LogP contribution in [0, 0.1) is 0 Å². The van der Waals surface area contributed by atoms with Gasteiger partial charge in [-0.3, -0.25) is 9.59 Å². The number of hydrogen-bond acceptors (Lipinski definition) is 7. The van der Waals surface area contributed by atoms with Crippen molar-refractivity contribution in [3.05, 3.63) is 21.7 Å². The van der Waals surface area contributed by atoms with Crippen molar-refractivity contribution in [3.63, 3.8) is 0 Å². The van der Waals surface area contributed by atoms with Gasteiger partial charge >= 0.3 is 5.97 Å². The molecular weight excluding hydrogens is 465 g/mol. The number of amides is 2. The number of likely N-dealkylation sites (tertiary alicyclic amines) is 1. The first-order valence-electron chi connectivity index (χ1n) is 8.22. The van der Waals surface area contributed by atoms with E-state index < -0.39 is 67.8 Å². The number of halogens is 2. The lowest BCUT2D eigenvalue weighted by atomic mass is 9.92. The first kappa shape index (κ1) is 23.9. The number of hydrogen-bond donors (Lipinski definition) is 5. The molecule has 11 nitrogen and oxygen atoms in total. The van der Waals surface area contributed by atoms with E-state index in [4.69, 9.17) is 23.2 Å². The predicted molar refractivity (Wildman–Crippen MR) is 107 cm³/mol. The van der Waals surface area contributed by atoms with Crippen molar-refractivity contribution in [2.75, 3.05) is 0 Å². The highest BCUT2D eigenvalue weighted by Gasteiger charge is 2.53. The molecule has 0 radical (unpaired) electrons. The molecule has 2 amide bonds. The third kappa shape index (κ3) is 4.21. The summed E-state index contributed by atoms with van der Waals surface area (Å²) in [7, 11) is 0. The van der Waals surface area contributed by atoms with Crippen LogP contribution in [-0.4, -0.2) is 69.8 Å². The van der Waals surface area contributed by atoms with Gasteiger partial charge in [-0.05, 0) is 13.8 Å². The SMILES string of the molecule is C[C@@H]1CC(=O)N1[C@@H](C(=O)O)[C@](C)(/C=N/NC(=O)c1c(Cl)cc(O)c(O)c1Cl)S(=O)O. The summed E-state index contributed by atoms with van der Waals surface area (Å²) in [4.78, 5) is 36.9. The minimum atomic E-state index is -2.81. The summed E-state index contributed by atoms with van der Waals surface area (Å²) in [5, 5.41) is 31.3. The molecule has 1 fully saturated rings. The smallest absolute Gasteiger partial charge is 0.328 e. The van der Waals surface area contributed by atoms with Crippen LogP contribution < -0.4 is 5.43 Å². The zero-order chi connectivity index (χ0) is 23.0. The summed E-state index contributed by atoms with van der Waals surface area (Å²) < 4.78 is 19.6. The molecule has 164 valence electrons. The van der Waals surface area contributed by atoms with E-state index in [-0.39, 0.29) is 11.4 Å². The van der Waals surface area contributed by atoms with Gasteiger partial charge in [0.25, 0.3) is 5.91 Å². The lowest BCUT2D eigenvalue weighted by Crippen LogP contribution is -2.67. The number of β-lactam (4-membered cyclic amide) rings is 1. The number of nitrogens with one attached hydrogen (secondary N) is 1. The number of benzene rings is 1. The molecule has 1 aromatic rings. The number of phenols is 2. The minimum absolute atomic E-state index is 0.0904. The number of carboxylic acids is 1. The molecule has 0 aromatic heterocycles. The Kier molecular flexibility index (Phi) is 6.97. The summed E-state index contributed by atoms with van der Waals surface area (Å²) in [6, 6.07) is -1.33. The monoisotopic (exact) mass is 481 g/mol. The van der Waals surface area contributed by atoms with Crippen LogP contribution in [0.5, 0.6) is 11.5 Å². The second kappa shape index (κ2) is 8.76. The van der Waals surface area contributed by atoms with E-state index in [2.05, 4.69) is 5.10 Å². The number of hydrazone groups is 1. The molecule has 30 heavy (non-hydrogen) atoms. The number of nitrogens with zero attached hydrogens (tertiary/aromatic N) is 2. The number of carboxylic acid groups (broad SMARTS) is 1. The van der Waals surface area contributed by atoms with Gasteiger partial charge in [0.15, 0.2) is 28.6 Å². The van der Waals surface area contributed by atoms with Crippen molar-refractivity contribution < 1.29 is 38.5 Å². The fraction of sp³-hybridized carbons (Fsp3) is 0.375. The lowest BCUT2D eigenvalue weighted by Gasteiger charge is -2.46. The van der Waals surface area contributed by atoms with Gasteiger partial charge in [0.1, 0.15) is 9.77 Å². The van der Waals surface area contributed by atoms with Crippen molar-refractivity contribution >= 4 is 58.3 Å². The topological polar surface area (TPSA) is 177 Å². The van der Waals surface area contributed by atoms with Crippen LogP contribution in [0.3, 0.4) is 0 Å². The summed E-state index contributed by atoms with van der Waals surface area (Å²) in [5.74, 6) is -4.56. The van der Waals surface area contributed by atoms with Crippen molar-refractivity contribution in [2.24, 2.45) is 5.10 Å². The van der Waals surface area contributed by atoms with Crippen molar-refractivity contribution in [3.8, 4) is 11.5 Å². The Hall–Kier alpha value is -2.41. The number of phenolic OH excluding ortho intramolecular Hbond substituents is 2. The highest BCUT2D eigenvalue weighted by Crippen LogP contribution is 2.40. The van der Waals surface area contributed by atoms with Crippen molar-refractivity contribution in [2.45, 2.75) is 37.1 Å². The lowest BCUT2D eigenvalue weighted by molar-refractivity contribution is -0.161. The Balaban J connectivity index is 2.34. The first-order valence-corrected chi connectivity index (χ1v) is 10.1. The first-order chi connectivity index (χ1) is 13.8. The van der Waals surface area contributed by atoms with Gasteiger partial charge in [-0.25, -0.2) is 14.4 Å². The Morgan fingerprint density at radius 1 is 1.43 bits per heavy atom. The second-order valence-electron chi connectivity index (χ2n) is 6.64. The van der Waals surface area contributed by atoms with Gasteiger partial charge in [-0.2, -0.15) is 5.10 Å². The molecule has 0 aliphatic carbocycles. The molecular formula is C16H17Cl2N3O8S. The van der Waals surface area contributed by atoms with Gasteiger partial charge in [-0.15, -0.1) is 0 Å². The summed E-state index contributed by atoms with van der Waals surface area (Å²) >= 11 is 8.81. The van der Waals surface area contributed by atoms with Crippen LogP contribution in [-0.2, 0) is 20.7 Å². The number of rotatable bonds is 7. The van der Waals surface area contributed by atoms with Crippen molar-refractivity contribution in [1.29, 1.82) is 0 Å². The number of carbonyl (C=O) groups is 3. The second-order valence-corrected chi connectivity index (χ2v) is 8.81. The van der Waals surface area contributed by atoms with E-state index in [1.54, 1.807) is 6.92 Å². The van der Waals surface area contributed by atoms with Crippen LogP contribution in [0.4, 0.5) is 0 Å². The molecule has 0 bridgehead atoms.